The third-order valence-electron chi connectivity index (χ3n) is 1.87. The maximum absolute atomic E-state index is 11.2. The van der Waals surface area contributed by atoms with E-state index in [1.165, 1.54) is 0 Å². The first kappa shape index (κ1) is 9.35. The number of rotatable bonds is 0. The molecule has 13 heavy (non-hydrogen) atoms. The van der Waals surface area contributed by atoms with Crippen LogP contribution in [0.15, 0.2) is 11.6 Å². The molecule has 0 aromatic heterocycles. The van der Waals surface area contributed by atoms with E-state index in [1.807, 2.05) is 0 Å². The van der Waals surface area contributed by atoms with Crippen molar-refractivity contribution in [1.82, 2.24) is 4.90 Å². The van der Waals surface area contributed by atoms with Crippen LogP contribution in [0, 0.1) is 23.2 Å². The van der Waals surface area contributed by atoms with Crippen molar-refractivity contribution in [3.63, 3.8) is 0 Å². The molecule has 0 radical (unpaired) electrons. The summed E-state index contributed by atoms with van der Waals surface area (Å²) in [4.78, 5) is 12.9. The summed E-state index contributed by atoms with van der Waals surface area (Å²) in [6.07, 6.45) is 2.42. The second-order valence-corrected chi connectivity index (χ2v) is 2.72. The molecule has 3 nitrogen and oxygen atoms in total. The standard InChI is InChI=1S/C10H10N2O/c1-2-3-10(13)12-6-4-9(8-11)5-7-12/h4H,5-7H2,1H3. The Morgan fingerprint density at radius 2 is 2.46 bits per heavy atom. The molecule has 0 unspecified atom stereocenters. The number of carbonyl (C=O) groups excluding carboxylic acids is 1. The first-order valence-corrected chi connectivity index (χ1v) is 4.08. The third-order valence-corrected chi connectivity index (χ3v) is 1.87. The van der Waals surface area contributed by atoms with Crippen molar-refractivity contribution < 1.29 is 4.79 Å². The molecule has 0 spiro atoms. The highest BCUT2D eigenvalue weighted by molar-refractivity contribution is 5.93. The molecular formula is C10H10N2O. The summed E-state index contributed by atoms with van der Waals surface area (Å²) in [6.45, 7) is 2.75. The van der Waals surface area contributed by atoms with E-state index in [0.29, 0.717) is 19.5 Å². The van der Waals surface area contributed by atoms with Crippen LogP contribution in [-0.4, -0.2) is 23.9 Å². The molecule has 0 atom stereocenters. The first-order valence-electron chi connectivity index (χ1n) is 4.08. The minimum Gasteiger partial charge on any atom is -0.328 e. The predicted octanol–water partition coefficient (Wildman–Crippen LogP) is 0.692. The van der Waals surface area contributed by atoms with Crippen LogP contribution in [0.4, 0.5) is 0 Å². The zero-order chi connectivity index (χ0) is 9.68. The van der Waals surface area contributed by atoms with E-state index < -0.39 is 0 Å². The summed E-state index contributed by atoms with van der Waals surface area (Å²) in [5.74, 6) is 4.88. The first-order chi connectivity index (χ1) is 6.27. The zero-order valence-corrected chi connectivity index (χ0v) is 7.50. The minimum absolute atomic E-state index is 0.157. The topological polar surface area (TPSA) is 44.1 Å². The molecule has 1 heterocycles. The van der Waals surface area contributed by atoms with Crippen molar-refractivity contribution in [3.05, 3.63) is 11.6 Å². The molecule has 0 saturated heterocycles. The normalized spacial score (nSPS) is 15.1. The molecule has 0 fully saturated rings. The lowest BCUT2D eigenvalue weighted by Crippen LogP contribution is -2.33. The molecule has 1 amide bonds. The summed E-state index contributed by atoms with van der Waals surface area (Å²) in [7, 11) is 0. The highest BCUT2D eigenvalue weighted by Gasteiger charge is 2.14. The Morgan fingerprint density at radius 1 is 1.69 bits per heavy atom. The molecule has 3 heteroatoms. The van der Waals surface area contributed by atoms with Gasteiger partial charge < -0.3 is 4.90 Å². The number of nitrogens with zero attached hydrogens (tertiary/aromatic N) is 2. The third kappa shape index (κ3) is 2.35. The Kier molecular flexibility index (Phi) is 3.11. The fourth-order valence-electron chi connectivity index (χ4n) is 1.14. The Bertz CT molecular complexity index is 338. The molecule has 0 aromatic rings. The van der Waals surface area contributed by atoms with E-state index in [-0.39, 0.29) is 5.91 Å². The molecule has 0 aromatic carbocycles. The zero-order valence-electron chi connectivity index (χ0n) is 7.50. The van der Waals surface area contributed by atoms with Crippen molar-refractivity contribution in [3.8, 4) is 17.9 Å². The molecule has 1 aliphatic rings. The number of hydrogen-bond acceptors (Lipinski definition) is 2. The van der Waals surface area contributed by atoms with Gasteiger partial charge in [-0.3, -0.25) is 4.79 Å². The summed E-state index contributed by atoms with van der Waals surface area (Å²) < 4.78 is 0. The summed E-state index contributed by atoms with van der Waals surface area (Å²) in [5.41, 5.74) is 0.758. The van der Waals surface area contributed by atoms with E-state index >= 15 is 0 Å². The SMILES string of the molecule is CC#CC(=O)N1CC=C(C#N)CC1. The van der Waals surface area contributed by atoms with Crippen LogP contribution in [0.25, 0.3) is 0 Å². The number of carbonyl (C=O) groups is 1. The number of hydrogen-bond donors (Lipinski definition) is 0. The highest BCUT2D eigenvalue weighted by atomic mass is 16.2. The summed E-state index contributed by atoms with van der Waals surface area (Å²) in [6, 6.07) is 2.08. The van der Waals surface area contributed by atoms with Crippen LogP contribution in [-0.2, 0) is 4.79 Å². The largest absolute Gasteiger partial charge is 0.328 e. The maximum atomic E-state index is 11.2. The van der Waals surface area contributed by atoms with E-state index in [9.17, 15) is 4.79 Å². The summed E-state index contributed by atoms with van der Waals surface area (Å²) >= 11 is 0. The van der Waals surface area contributed by atoms with E-state index in [0.717, 1.165) is 5.57 Å². The molecule has 0 N–H and O–H groups in total. The van der Waals surface area contributed by atoms with E-state index in [2.05, 4.69) is 17.9 Å². The average Bonchev–Trinajstić information content (AvgIpc) is 2.18. The van der Waals surface area contributed by atoms with Crippen molar-refractivity contribution in [2.75, 3.05) is 13.1 Å². The fraction of sp³-hybridized carbons (Fsp3) is 0.400. The van der Waals surface area contributed by atoms with Gasteiger partial charge in [0.2, 0.25) is 0 Å². The van der Waals surface area contributed by atoms with E-state index in [4.69, 9.17) is 5.26 Å². The van der Waals surface area contributed by atoms with Gasteiger partial charge in [-0.05, 0) is 19.3 Å². The maximum Gasteiger partial charge on any atom is 0.298 e. The van der Waals surface area contributed by atoms with Crippen LogP contribution in [0.5, 0.6) is 0 Å². The molecule has 0 saturated carbocycles. The molecular weight excluding hydrogens is 164 g/mol. The van der Waals surface area contributed by atoms with Crippen molar-refractivity contribution in [2.24, 2.45) is 0 Å². The van der Waals surface area contributed by atoms with Crippen LogP contribution in [0.2, 0.25) is 0 Å². The summed E-state index contributed by atoms with van der Waals surface area (Å²) in [5, 5.41) is 8.57. The van der Waals surface area contributed by atoms with Crippen LogP contribution < -0.4 is 0 Å². The Hall–Kier alpha value is -1.74. The Balaban J connectivity index is 2.59. The molecule has 0 aliphatic carbocycles. The van der Waals surface area contributed by atoms with Gasteiger partial charge in [-0.2, -0.15) is 5.26 Å². The van der Waals surface area contributed by atoms with Gasteiger partial charge >= 0.3 is 0 Å². The van der Waals surface area contributed by atoms with Crippen molar-refractivity contribution >= 4 is 5.91 Å². The van der Waals surface area contributed by atoms with Crippen molar-refractivity contribution in [1.29, 1.82) is 5.26 Å². The Morgan fingerprint density at radius 3 is 2.92 bits per heavy atom. The second kappa shape index (κ2) is 4.33. The monoisotopic (exact) mass is 174 g/mol. The predicted molar refractivity (Wildman–Crippen MR) is 48.3 cm³/mol. The van der Waals surface area contributed by atoms with Crippen LogP contribution in [0.3, 0.4) is 0 Å². The van der Waals surface area contributed by atoms with Gasteiger partial charge in [-0.15, -0.1) is 0 Å². The lowest BCUT2D eigenvalue weighted by Gasteiger charge is -2.21. The molecule has 1 aliphatic heterocycles. The highest BCUT2D eigenvalue weighted by Crippen LogP contribution is 2.08. The average molecular weight is 174 g/mol. The number of amides is 1. The van der Waals surface area contributed by atoms with Gasteiger partial charge in [0.05, 0.1) is 6.07 Å². The molecule has 0 bridgehead atoms. The lowest BCUT2D eigenvalue weighted by molar-refractivity contribution is -0.124. The van der Waals surface area contributed by atoms with Gasteiger partial charge in [0.15, 0.2) is 0 Å². The molecule has 1 rings (SSSR count). The smallest absolute Gasteiger partial charge is 0.298 e. The van der Waals surface area contributed by atoms with Crippen LogP contribution >= 0.6 is 0 Å². The second-order valence-electron chi connectivity index (χ2n) is 2.72. The molecule has 66 valence electrons. The van der Waals surface area contributed by atoms with E-state index in [1.54, 1.807) is 17.9 Å². The van der Waals surface area contributed by atoms with Gasteiger partial charge in [0, 0.05) is 18.7 Å². The van der Waals surface area contributed by atoms with Crippen LogP contribution in [0.1, 0.15) is 13.3 Å². The fourth-order valence-corrected chi connectivity index (χ4v) is 1.14. The van der Waals surface area contributed by atoms with Crippen molar-refractivity contribution in [2.45, 2.75) is 13.3 Å². The van der Waals surface area contributed by atoms with Gasteiger partial charge in [-0.1, -0.05) is 12.0 Å². The Labute approximate surface area is 77.6 Å². The van der Waals surface area contributed by atoms with Gasteiger partial charge in [0.1, 0.15) is 0 Å². The number of nitriles is 1. The van der Waals surface area contributed by atoms with Gasteiger partial charge in [-0.25, -0.2) is 0 Å². The lowest BCUT2D eigenvalue weighted by atomic mass is 10.1. The van der Waals surface area contributed by atoms with Gasteiger partial charge in [0.25, 0.3) is 5.91 Å². The quantitative estimate of drug-likeness (QED) is 0.507. The minimum atomic E-state index is -0.157.